The number of oxazole rings is 2. The Balaban J connectivity index is 0.000000130. The van der Waals surface area contributed by atoms with Crippen molar-refractivity contribution >= 4 is 87.0 Å². The van der Waals surface area contributed by atoms with Crippen LogP contribution in [0.3, 0.4) is 0 Å². The lowest BCUT2D eigenvalue weighted by molar-refractivity contribution is -0.124. The van der Waals surface area contributed by atoms with Crippen molar-refractivity contribution in [3.05, 3.63) is 233 Å². The van der Waals surface area contributed by atoms with E-state index in [1.807, 2.05) is 160 Å². The molecule has 10 aromatic rings. The van der Waals surface area contributed by atoms with Gasteiger partial charge in [-0.3, -0.25) is 39.8 Å². The number of hydrogen-bond acceptors (Lipinski definition) is 14. The molecule has 0 saturated carbocycles. The lowest BCUT2D eigenvalue weighted by Gasteiger charge is -2.21. The largest absolute Gasteiger partial charge is 0.479 e. The van der Waals surface area contributed by atoms with Gasteiger partial charge in [0.1, 0.15) is 5.69 Å². The number of nitrogens with one attached hydrogen (secondary N) is 5. The first-order valence-electron chi connectivity index (χ1n) is 28.4. The van der Waals surface area contributed by atoms with E-state index in [1.54, 1.807) is 36.6 Å². The predicted molar refractivity (Wildman–Crippen MR) is 334 cm³/mol. The third-order valence-corrected chi connectivity index (χ3v) is 14.8. The molecule has 3 aliphatic heterocycles. The SMILES string of the molecule is CCC1=NC(=O)[C@H]([C@H](C)c2c[nH]c3ccccc23)O1.CN(C)C(Cc1ccccc1)c1ncc(C(=O)c2ccccc2NC=O)o1.N=C1NC(=O)[C@H](Cc2c[nH]c3ccccc23)O1.Oc1oc(CCc2ccccc2)nc1C=C1C=Nc2ccccc21. The number of aromatic nitrogens is 4. The van der Waals surface area contributed by atoms with E-state index in [9.17, 15) is 24.3 Å². The van der Waals surface area contributed by atoms with Gasteiger partial charge in [-0.1, -0.05) is 141 Å². The molecule has 13 rings (SSSR count). The van der Waals surface area contributed by atoms with Crippen molar-refractivity contribution in [1.29, 1.82) is 5.41 Å². The molecule has 4 atom stereocenters. The van der Waals surface area contributed by atoms with Gasteiger partial charge in [0.25, 0.3) is 17.8 Å². The fourth-order valence-electron chi connectivity index (χ4n) is 10.2. The van der Waals surface area contributed by atoms with Crippen molar-refractivity contribution in [2.75, 3.05) is 19.4 Å². The molecule has 0 radical (unpaired) electrons. The number of ether oxygens (including phenoxy) is 2. The van der Waals surface area contributed by atoms with Crippen molar-refractivity contribution < 1.29 is 42.6 Å². The molecule has 6 N–H and O–H groups in total. The first-order valence-corrected chi connectivity index (χ1v) is 28.4. The maximum absolute atomic E-state index is 12.8. The molecule has 19 heteroatoms. The second-order valence-corrected chi connectivity index (χ2v) is 20.8. The summed E-state index contributed by atoms with van der Waals surface area (Å²) in [5, 5.41) is 24.4. The smallest absolute Gasteiger partial charge is 0.310 e. The minimum atomic E-state index is -0.596. The van der Waals surface area contributed by atoms with E-state index in [0.717, 1.165) is 61.7 Å². The summed E-state index contributed by atoms with van der Waals surface area (Å²) in [4.78, 5) is 72.3. The van der Waals surface area contributed by atoms with Gasteiger partial charge in [-0.2, -0.15) is 4.99 Å². The van der Waals surface area contributed by atoms with Crippen molar-refractivity contribution in [2.45, 2.75) is 70.1 Å². The number of nitrogens with zero attached hydrogens (tertiary/aromatic N) is 5. The Morgan fingerprint density at radius 1 is 0.793 bits per heavy atom. The van der Waals surface area contributed by atoms with E-state index in [4.69, 9.17) is 23.7 Å². The van der Waals surface area contributed by atoms with Crippen LogP contribution in [0, 0.1) is 5.41 Å². The molecule has 440 valence electrons. The number of carbonyl (C=O) groups is 4. The quantitative estimate of drug-likeness (QED) is 0.0367. The molecule has 0 spiro atoms. The number of hydrogen-bond donors (Lipinski definition) is 6. The number of benzene rings is 6. The van der Waals surface area contributed by atoms with Crippen LogP contribution in [0.15, 0.2) is 195 Å². The lowest BCUT2D eigenvalue weighted by atomic mass is 9.94. The van der Waals surface area contributed by atoms with Crippen LogP contribution in [0.4, 0.5) is 11.4 Å². The Morgan fingerprint density at radius 2 is 1.46 bits per heavy atom. The minimum absolute atomic E-state index is 0.0172. The number of amides is 3. The monoisotopic (exact) mass is 1160 g/mol. The first kappa shape index (κ1) is 59.4. The Labute approximate surface area is 501 Å². The van der Waals surface area contributed by atoms with Gasteiger partial charge in [0.05, 0.1) is 23.6 Å². The minimum Gasteiger partial charge on any atom is -0.479 e. The Morgan fingerprint density at radius 3 is 2.17 bits per heavy atom. The highest BCUT2D eigenvalue weighted by Crippen LogP contribution is 2.35. The van der Waals surface area contributed by atoms with Gasteiger partial charge in [-0.05, 0) is 85.6 Å². The third-order valence-electron chi connectivity index (χ3n) is 14.8. The first-order chi connectivity index (χ1) is 42.3. The number of likely N-dealkylation sites (N-methyl/N-ethyl adjacent to an activating group) is 1. The zero-order chi connectivity index (χ0) is 60.8. The van der Waals surface area contributed by atoms with Crippen LogP contribution in [-0.2, 0) is 49.5 Å². The van der Waals surface area contributed by atoms with E-state index in [0.29, 0.717) is 66.7 Å². The summed E-state index contributed by atoms with van der Waals surface area (Å²) in [6.45, 7) is 3.94. The zero-order valence-corrected chi connectivity index (χ0v) is 48.3. The van der Waals surface area contributed by atoms with Crippen LogP contribution in [0.2, 0.25) is 0 Å². The van der Waals surface area contributed by atoms with Crippen molar-refractivity contribution in [1.82, 2.24) is 30.2 Å². The summed E-state index contributed by atoms with van der Waals surface area (Å²) in [7, 11) is 3.89. The number of allylic oxidation sites excluding steroid dienone is 1. The molecule has 1 fully saturated rings. The summed E-state index contributed by atoms with van der Waals surface area (Å²) in [6, 6.07) is 50.6. The van der Waals surface area contributed by atoms with E-state index in [-0.39, 0.29) is 47.3 Å². The average molecular weight is 1170 g/mol. The summed E-state index contributed by atoms with van der Waals surface area (Å²) < 4.78 is 21.9. The molecule has 6 aromatic carbocycles. The van der Waals surface area contributed by atoms with Gasteiger partial charge in [-0.15, -0.1) is 0 Å². The van der Waals surface area contributed by atoms with Gasteiger partial charge in [0.15, 0.2) is 29.8 Å². The highest BCUT2D eigenvalue weighted by Gasteiger charge is 2.35. The van der Waals surface area contributed by atoms with Crippen LogP contribution in [0.25, 0.3) is 33.5 Å². The second-order valence-electron chi connectivity index (χ2n) is 20.8. The van der Waals surface area contributed by atoms with Crippen LogP contribution >= 0.6 is 0 Å². The van der Waals surface area contributed by atoms with Gasteiger partial charge in [0, 0.05) is 82.3 Å². The number of aromatic hydroxyl groups is 1. The fraction of sp³-hybridized carbons (Fsp3) is 0.191. The molecule has 4 aromatic heterocycles. The number of rotatable bonds is 17. The van der Waals surface area contributed by atoms with Gasteiger partial charge in [0.2, 0.25) is 18.1 Å². The molecular formula is C68H64N10O9. The number of aromatic amines is 2. The van der Waals surface area contributed by atoms with Crippen molar-refractivity contribution in [3.63, 3.8) is 0 Å². The number of amidine groups is 1. The standard InChI is InChI=1S/C21H21N3O3.C20H16N2O2.C15H16N2O2.C12H11N3O2/c1-24(2)18(12-15-8-4-3-5-9-15)21-22-13-19(27-21)20(26)16-10-6-7-11-17(16)23-14-25;23-20-18(12-15-13-21-17-9-5-4-8-16(15)17)22-19(24-20)11-10-14-6-2-1-3-7-14;1-3-13-17-15(18)14(19-13)9(2)11-8-16-12-7-5-4-6-10(11)12;13-12-15-11(16)10(17-12)5-7-6-14-9-4-2-1-3-8(7)9/h3-11,13-14,18H,12H2,1-2H3,(H,23,25);1-9,12-13,23H,10-11H2;4-9,14,16H,3H2,1-2H3;1-4,6,10,14H,5H2,(H2,13,15,16)/t;;9-,14+;10-/m..10/s1. The maximum atomic E-state index is 12.8. The van der Waals surface area contributed by atoms with Crippen LogP contribution in [0.1, 0.15) is 93.6 Å². The molecular weight excluding hydrogens is 1100 g/mol. The lowest BCUT2D eigenvalue weighted by Crippen LogP contribution is -2.25. The number of H-pyrrole nitrogens is 2. The normalized spacial score (nSPS) is 15.9. The van der Waals surface area contributed by atoms with Crippen LogP contribution in [-0.4, -0.2) is 98.4 Å². The third kappa shape index (κ3) is 14.4. The van der Waals surface area contributed by atoms with Gasteiger partial charge >= 0.3 is 5.95 Å². The summed E-state index contributed by atoms with van der Waals surface area (Å²) in [5.41, 5.74) is 10.7. The molecule has 0 bridgehead atoms. The van der Waals surface area contributed by atoms with Crippen LogP contribution < -0.4 is 10.6 Å². The van der Waals surface area contributed by atoms with Gasteiger partial charge in [-0.25, -0.2) is 9.97 Å². The molecule has 7 heterocycles. The van der Waals surface area contributed by atoms with Crippen molar-refractivity contribution in [3.8, 4) is 5.95 Å². The highest BCUT2D eigenvalue weighted by molar-refractivity contribution is 6.21. The Hall–Kier alpha value is -10.8. The van der Waals surface area contributed by atoms with Gasteiger partial charge < -0.3 is 38.7 Å². The molecule has 1 unspecified atom stereocenters. The number of fused-ring (bicyclic) bond motifs is 3. The summed E-state index contributed by atoms with van der Waals surface area (Å²) in [5.74, 6) is 0.789. The molecule has 1 saturated heterocycles. The second kappa shape index (κ2) is 27.7. The van der Waals surface area contributed by atoms with E-state index < -0.39 is 12.2 Å². The topological polar surface area (TPSA) is 266 Å². The zero-order valence-electron chi connectivity index (χ0n) is 48.3. The average Bonchev–Trinajstić information content (AvgIpc) is 3.26. The Bertz CT molecular complexity index is 4160. The number of anilines is 1. The molecule has 0 aliphatic carbocycles. The molecule has 87 heavy (non-hydrogen) atoms. The van der Waals surface area contributed by atoms with Crippen molar-refractivity contribution in [2.24, 2.45) is 9.98 Å². The maximum Gasteiger partial charge on any atom is 0.310 e. The number of carbonyl (C=O) groups excluding carboxylic acids is 4. The molecule has 3 amide bonds. The number of aryl methyl sites for hydroxylation is 2. The molecule has 3 aliphatic rings. The van der Waals surface area contributed by atoms with E-state index >= 15 is 0 Å². The molecule has 19 nitrogen and oxygen atoms in total. The predicted octanol–water partition coefficient (Wildman–Crippen LogP) is 11.9. The number of para-hydroxylation sites is 4. The fourth-order valence-corrected chi connectivity index (χ4v) is 10.2. The summed E-state index contributed by atoms with van der Waals surface area (Å²) >= 11 is 0. The number of aliphatic imine (C=N–C) groups is 2. The van der Waals surface area contributed by atoms with E-state index in [1.165, 1.54) is 11.8 Å². The summed E-state index contributed by atoms with van der Waals surface area (Å²) in [6.07, 6.45) is 11.6. The highest BCUT2D eigenvalue weighted by atomic mass is 16.5. The van der Waals surface area contributed by atoms with E-state index in [2.05, 4.69) is 58.8 Å². The van der Waals surface area contributed by atoms with Crippen LogP contribution in [0.5, 0.6) is 5.95 Å². The Kier molecular flexibility index (Phi) is 18.9. The number of ketones is 1.